The Balaban J connectivity index is 1.11. The highest BCUT2D eigenvalue weighted by Crippen LogP contribution is 2.57. The molecule has 10 atom stereocenters. The van der Waals surface area contributed by atoms with Crippen LogP contribution in [0.1, 0.15) is 55.9 Å². The van der Waals surface area contributed by atoms with Gasteiger partial charge in [-0.3, -0.25) is 4.79 Å². The van der Waals surface area contributed by atoms with Crippen molar-refractivity contribution >= 4 is 23.4 Å². The molecule has 0 amide bonds. The number of carbonyl (C=O) groups excluding carboxylic acids is 1. The first kappa shape index (κ1) is 35.5. The molecule has 10 unspecified atom stereocenters. The SMILES string of the molecule is COc1cc(C2c3cc4c(cc3C(OC3OC5COC(C)OC5CC3O)C3COC(=O)C23)OCO4)cc(OC)c1OC(=S)OCC1COC(C)(C)O1. The third kappa shape index (κ3) is 6.64. The predicted molar refractivity (Wildman–Crippen MR) is 179 cm³/mol. The van der Waals surface area contributed by atoms with E-state index in [4.69, 9.17) is 73.8 Å². The summed E-state index contributed by atoms with van der Waals surface area (Å²) in [5.74, 6) is -0.970. The number of methoxy groups -OCH3 is 2. The molecule has 15 nitrogen and oxygen atoms in total. The molecule has 2 aromatic carbocycles. The van der Waals surface area contributed by atoms with E-state index in [1.54, 1.807) is 12.1 Å². The number of ether oxygens (including phenoxy) is 13. The Hall–Kier alpha value is -3.48. The van der Waals surface area contributed by atoms with E-state index < -0.39 is 60.4 Å². The van der Waals surface area contributed by atoms with Crippen LogP contribution in [0.25, 0.3) is 0 Å². The largest absolute Gasteiger partial charge is 0.493 e. The quantitative estimate of drug-likeness (QED) is 0.309. The minimum Gasteiger partial charge on any atom is -0.493 e. The number of esters is 1. The molecular weight excluding hydrogens is 704 g/mol. The van der Waals surface area contributed by atoms with E-state index in [1.165, 1.54) is 14.2 Å². The van der Waals surface area contributed by atoms with Crippen LogP contribution in [-0.2, 0) is 42.7 Å². The lowest BCUT2D eigenvalue weighted by atomic mass is 9.66. The van der Waals surface area contributed by atoms with Crippen LogP contribution in [0.4, 0.5) is 0 Å². The molecule has 52 heavy (non-hydrogen) atoms. The Morgan fingerprint density at radius 1 is 0.962 bits per heavy atom. The highest BCUT2D eigenvalue weighted by molar-refractivity contribution is 7.79. The summed E-state index contributed by atoms with van der Waals surface area (Å²) in [5, 5.41) is 11.0. The van der Waals surface area contributed by atoms with Gasteiger partial charge in [-0.05, 0) is 61.7 Å². The summed E-state index contributed by atoms with van der Waals surface area (Å²) < 4.78 is 76.3. The fourth-order valence-corrected chi connectivity index (χ4v) is 8.06. The van der Waals surface area contributed by atoms with Crippen LogP contribution in [0, 0.1) is 11.8 Å². The van der Waals surface area contributed by atoms with Crippen molar-refractivity contribution in [2.45, 2.75) is 82.0 Å². The number of hydrogen-bond acceptors (Lipinski definition) is 16. The number of carbonyl (C=O) groups is 1. The summed E-state index contributed by atoms with van der Waals surface area (Å²) in [6, 6.07) is 7.28. The van der Waals surface area contributed by atoms with Crippen molar-refractivity contribution in [3.63, 3.8) is 0 Å². The van der Waals surface area contributed by atoms with Crippen LogP contribution in [-0.4, -0.2) is 107 Å². The number of aliphatic hydroxyl groups excluding tert-OH is 1. The molecular formula is C36H42O15S. The molecule has 1 aliphatic carbocycles. The maximum absolute atomic E-state index is 13.7. The molecule has 0 saturated carbocycles. The molecule has 0 aromatic heterocycles. The molecule has 4 saturated heterocycles. The van der Waals surface area contributed by atoms with E-state index in [0.29, 0.717) is 48.2 Å². The Labute approximate surface area is 305 Å². The van der Waals surface area contributed by atoms with Crippen molar-refractivity contribution in [1.82, 2.24) is 0 Å². The molecule has 8 rings (SSSR count). The van der Waals surface area contributed by atoms with Gasteiger partial charge in [-0.1, -0.05) is 0 Å². The summed E-state index contributed by atoms with van der Waals surface area (Å²) in [7, 11) is 2.99. The van der Waals surface area contributed by atoms with Crippen molar-refractivity contribution in [3.8, 4) is 28.7 Å². The highest BCUT2D eigenvalue weighted by atomic mass is 32.1. The van der Waals surface area contributed by atoms with Gasteiger partial charge in [-0.25, -0.2) is 0 Å². The second kappa shape index (κ2) is 14.1. The van der Waals surface area contributed by atoms with Crippen molar-refractivity contribution in [3.05, 3.63) is 41.0 Å². The van der Waals surface area contributed by atoms with Crippen molar-refractivity contribution < 1.29 is 71.5 Å². The number of fused-ring (bicyclic) bond motifs is 4. The summed E-state index contributed by atoms with van der Waals surface area (Å²) in [6.45, 7) is 6.37. The number of thiocarbonyl (C=S) groups is 1. The lowest BCUT2D eigenvalue weighted by Crippen LogP contribution is -2.55. The van der Waals surface area contributed by atoms with Gasteiger partial charge in [0.2, 0.25) is 12.5 Å². The zero-order chi connectivity index (χ0) is 36.3. The number of benzene rings is 2. The number of cyclic esters (lactones) is 1. The first-order valence-electron chi connectivity index (χ1n) is 17.3. The normalized spacial score (nSPS) is 34.1. The number of hydrogen-bond donors (Lipinski definition) is 1. The molecule has 0 spiro atoms. The zero-order valence-corrected chi connectivity index (χ0v) is 30.2. The van der Waals surface area contributed by atoms with Gasteiger partial charge in [-0.15, -0.1) is 0 Å². The topological polar surface area (TPSA) is 157 Å². The van der Waals surface area contributed by atoms with Crippen LogP contribution >= 0.6 is 12.2 Å². The standard InChI is InChI=1S/C36H42O15S/c1-16-41-14-28-25(47-16)10-22(37)34(48-28)49-31-20-9-24-23(44-15-45-24)8-19(20)29(30-21(31)13-42-33(30)38)17-6-26(39-4)32(27(7-17)40-5)50-35(52)43-11-18-12-46-36(2,3)51-18/h6-9,16,18,21-22,25,28-31,34,37H,10-15H2,1-5H3. The fourth-order valence-electron chi connectivity index (χ4n) is 7.91. The van der Waals surface area contributed by atoms with Gasteiger partial charge in [0.25, 0.3) is 0 Å². The van der Waals surface area contributed by atoms with Gasteiger partial charge in [0.1, 0.15) is 24.9 Å². The van der Waals surface area contributed by atoms with Gasteiger partial charge in [-0.2, -0.15) is 0 Å². The van der Waals surface area contributed by atoms with Crippen molar-refractivity contribution in [2.75, 3.05) is 47.4 Å². The minimum absolute atomic E-state index is 0.0442. The van der Waals surface area contributed by atoms with E-state index in [-0.39, 0.29) is 43.2 Å². The Kier molecular flexibility index (Phi) is 9.61. The molecule has 0 radical (unpaired) electrons. The van der Waals surface area contributed by atoms with Crippen LogP contribution in [0.2, 0.25) is 0 Å². The van der Waals surface area contributed by atoms with E-state index in [2.05, 4.69) is 0 Å². The van der Waals surface area contributed by atoms with Crippen LogP contribution in [0.5, 0.6) is 28.7 Å². The van der Waals surface area contributed by atoms with Crippen molar-refractivity contribution in [2.24, 2.45) is 11.8 Å². The summed E-state index contributed by atoms with van der Waals surface area (Å²) in [4.78, 5) is 13.7. The van der Waals surface area contributed by atoms with Crippen molar-refractivity contribution in [1.29, 1.82) is 0 Å². The lowest BCUT2D eigenvalue weighted by Gasteiger charge is -2.45. The minimum atomic E-state index is -1.01. The summed E-state index contributed by atoms with van der Waals surface area (Å²) >= 11 is 5.41. The fraction of sp³-hybridized carbons (Fsp3) is 0.611. The molecule has 5 aliphatic heterocycles. The average molecular weight is 747 g/mol. The molecule has 1 N–H and O–H groups in total. The first-order chi connectivity index (χ1) is 25.0. The van der Waals surface area contributed by atoms with E-state index in [0.717, 1.165) is 11.1 Å². The molecule has 6 aliphatic rings. The van der Waals surface area contributed by atoms with E-state index in [1.807, 2.05) is 32.9 Å². The second-order valence-corrected chi connectivity index (χ2v) is 14.3. The zero-order valence-electron chi connectivity index (χ0n) is 29.4. The van der Waals surface area contributed by atoms with Gasteiger partial charge >= 0.3 is 11.2 Å². The van der Waals surface area contributed by atoms with Crippen LogP contribution in [0.3, 0.4) is 0 Å². The van der Waals surface area contributed by atoms with E-state index >= 15 is 0 Å². The Bertz CT molecular complexity index is 1670. The van der Waals surface area contributed by atoms with E-state index in [9.17, 15) is 9.90 Å². The summed E-state index contributed by atoms with van der Waals surface area (Å²) in [5.41, 5.74) is 2.17. The van der Waals surface area contributed by atoms with Gasteiger partial charge < -0.3 is 66.7 Å². The van der Waals surface area contributed by atoms with Gasteiger partial charge in [0.15, 0.2) is 41.4 Å². The predicted octanol–water partition coefficient (Wildman–Crippen LogP) is 3.49. The smallest absolute Gasteiger partial charge is 0.358 e. The monoisotopic (exact) mass is 746 g/mol. The molecule has 4 fully saturated rings. The Morgan fingerprint density at radius 3 is 2.38 bits per heavy atom. The highest BCUT2D eigenvalue weighted by Gasteiger charge is 2.55. The number of aliphatic hydroxyl groups is 1. The Morgan fingerprint density at radius 2 is 1.69 bits per heavy atom. The van der Waals surface area contributed by atoms with Crippen LogP contribution < -0.4 is 23.7 Å². The van der Waals surface area contributed by atoms with Crippen LogP contribution in [0.15, 0.2) is 24.3 Å². The molecule has 282 valence electrons. The van der Waals surface area contributed by atoms with Gasteiger partial charge in [0, 0.05) is 30.5 Å². The maximum atomic E-state index is 13.7. The number of rotatable bonds is 8. The maximum Gasteiger partial charge on any atom is 0.358 e. The first-order valence-corrected chi connectivity index (χ1v) is 17.7. The molecule has 2 aromatic rings. The molecule has 5 heterocycles. The summed E-state index contributed by atoms with van der Waals surface area (Å²) in [6.07, 6.45) is -3.88. The van der Waals surface area contributed by atoms with Gasteiger partial charge in [0.05, 0.1) is 52.2 Å². The lowest BCUT2D eigenvalue weighted by molar-refractivity contribution is -0.340. The second-order valence-electron chi connectivity index (χ2n) is 14.0. The molecule has 0 bridgehead atoms. The average Bonchev–Trinajstić information content (AvgIpc) is 3.84. The molecule has 16 heteroatoms. The third-order valence-electron chi connectivity index (χ3n) is 10.3. The third-order valence-corrected chi connectivity index (χ3v) is 10.5.